The molecule has 8 aromatic rings. The molecule has 0 spiro atoms. The zero-order valence-electron chi connectivity index (χ0n) is 26.3. The molecule has 0 radical (unpaired) electrons. The van der Waals surface area contributed by atoms with Crippen LogP contribution < -0.4 is 0 Å². The summed E-state index contributed by atoms with van der Waals surface area (Å²) in [7, 11) is 0. The Morgan fingerprint density at radius 2 is 0.936 bits per heavy atom. The van der Waals surface area contributed by atoms with E-state index >= 15 is 0 Å². The summed E-state index contributed by atoms with van der Waals surface area (Å²) in [6.07, 6.45) is 0. The van der Waals surface area contributed by atoms with Crippen molar-refractivity contribution in [3.8, 4) is 56.4 Å². The molecule has 9 rings (SSSR count). The van der Waals surface area contributed by atoms with Crippen molar-refractivity contribution in [3.05, 3.63) is 163 Å². The van der Waals surface area contributed by atoms with Gasteiger partial charge in [-0.2, -0.15) is 0 Å². The second kappa shape index (κ2) is 10.6. The molecule has 47 heavy (non-hydrogen) atoms. The Bertz CT molecular complexity index is 2420. The predicted octanol–water partition coefficient (Wildman–Crippen LogP) is 11.2. The van der Waals surface area contributed by atoms with Crippen LogP contribution in [-0.2, 0) is 5.41 Å². The fourth-order valence-electron chi connectivity index (χ4n) is 7.29. The number of rotatable bonds is 4. The SMILES string of the molecule is CC1(C)c2ccccc2-c2cc3ccc(-c4ccc(-c5nc(-c6ccccc6)nc(-c6ccccc6)n5)c5ccccc45)cc3cc21. The van der Waals surface area contributed by atoms with Crippen LogP contribution in [0.15, 0.2) is 152 Å². The Morgan fingerprint density at radius 1 is 0.362 bits per heavy atom. The maximum atomic E-state index is 5.03. The Morgan fingerprint density at radius 3 is 1.64 bits per heavy atom. The second-order valence-corrected chi connectivity index (χ2v) is 12.9. The van der Waals surface area contributed by atoms with Gasteiger partial charge in [-0.25, -0.2) is 15.0 Å². The lowest BCUT2D eigenvalue weighted by Crippen LogP contribution is -2.14. The summed E-state index contributed by atoms with van der Waals surface area (Å²) >= 11 is 0. The average Bonchev–Trinajstić information content (AvgIpc) is 3.35. The maximum absolute atomic E-state index is 5.03. The van der Waals surface area contributed by atoms with E-state index in [-0.39, 0.29) is 5.41 Å². The lowest BCUT2D eigenvalue weighted by molar-refractivity contribution is 0.661. The van der Waals surface area contributed by atoms with Crippen LogP contribution in [0.2, 0.25) is 0 Å². The quantitative estimate of drug-likeness (QED) is 0.201. The molecule has 0 amide bonds. The van der Waals surface area contributed by atoms with E-state index in [1.54, 1.807) is 0 Å². The molecule has 1 heterocycles. The zero-order chi connectivity index (χ0) is 31.5. The molecule has 0 unspecified atom stereocenters. The van der Waals surface area contributed by atoms with Crippen molar-refractivity contribution in [1.29, 1.82) is 0 Å². The molecule has 0 bridgehead atoms. The molecule has 0 N–H and O–H groups in total. The summed E-state index contributed by atoms with van der Waals surface area (Å²) in [5.74, 6) is 1.99. The number of benzene rings is 7. The molecule has 1 aliphatic carbocycles. The first-order valence-electron chi connectivity index (χ1n) is 16.1. The molecular formula is C44H31N3. The predicted molar refractivity (Wildman–Crippen MR) is 194 cm³/mol. The van der Waals surface area contributed by atoms with Gasteiger partial charge < -0.3 is 0 Å². The smallest absolute Gasteiger partial charge is 0.164 e. The van der Waals surface area contributed by atoms with E-state index in [4.69, 9.17) is 15.0 Å². The minimum atomic E-state index is -0.0355. The molecule has 0 aliphatic heterocycles. The monoisotopic (exact) mass is 601 g/mol. The molecule has 0 saturated heterocycles. The van der Waals surface area contributed by atoms with Gasteiger partial charge in [0.2, 0.25) is 0 Å². The van der Waals surface area contributed by atoms with Crippen molar-refractivity contribution in [1.82, 2.24) is 15.0 Å². The number of nitrogens with zero attached hydrogens (tertiary/aromatic N) is 3. The van der Waals surface area contributed by atoms with E-state index < -0.39 is 0 Å². The first kappa shape index (κ1) is 27.4. The standard InChI is InChI=1S/C44H31N3/c1-44(2)39-20-12-11-19-36(39)38-26-30-21-22-31(25-32(30)27-40(38)44)33-23-24-37(35-18-10-9-17-34(33)35)43-46-41(28-13-5-3-6-14-28)45-42(47-43)29-15-7-4-8-16-29/h3-27H,1-2H3. The third-order valence-corrected chi connectivity index (χ3v) is 9.72. The van der Waals surface area contributed by atoms with Gasteiger partial charge in [0.05, 0.1) is 0 Å². The second-order valence-electron chi connectivity index (χ2n) is 12.9. The number of aromatic nitrogens is 3. The fourth-order valence-corrected chi connectivity index (χ4v) is 7.29. The molecule has 7 aromatic carbocycles. The first-order valence-corrected chi connectivity index (χ1v) is 16.1. The Balaban J connectivity index is 1.20. The summed E-state index contributed by atoms with van der Waals surface area (Å²) < 4.78 is 0. The van der Waals surface area contributed by atoms with Crippen molar-refractivity contribution in [2.45, 2.75) is 19.3 Å². The normalized spacial score (nSPS) is 13.1. The van der Waals surface area contributed by atoms with Crippen LogP contribution in [0.1, 0.15) is 25.0 Å². The van der Waals surface area contributed by atoms with Crippen LogP contribution in [0.5, 0.6) is 0 Å². The minimum Gasteiger partial charge on any atom is -0.208 e. The third-order valence-electron chi connectivity index (χ3n) is 9.72. The minimum absolute atomic E-state index is 0.0355. The molecule has 0 atom stereocenters. The van der Waals surface area contributed by atoms with Gasteiger partial charge in [0, 0.05) is 22.1 Å². The highest BCUT2D eigenvalue weighted by Gasteiger charge is 2.35. The van der Waals surface area contributed by atoms with E-state index in [1.807, 2.05) is 60.7 Å². The molecule has 0 saturated carbocycles. The molecule has 1 aromatic heterocycles. The van der Waals surface area contributed by atoms with Gasteiger partial charge in [0.25, 0.3) is 0 Å². The van der Waals surface area contributed by atoms with Gasteiger partial charge >= 0.3 is 0 Å². The van der Waals surface area contributed by atoms with Crippen molar-refractivity contribution >= 4 is 21.5 Å². The molecule has 0 fully saturated rings. The molecule has 222 valence electrons. The van der Waals surface area contributed by atoms with Crippen molar-refractivity contribution < 1.29 is 0 Å². The number of fused-ring (bicyclic) bond motifs is 5. The van der Waals surface area contributed by atoms with E-state index in [9.17, 15) is 0 Å². The summed E-state index contributed by atoms with van der Waals surface area (Å²) in [5, 5.41) is 4.79. The van der Waals surface area contributed by atoms with Gasteiger partial charge in [-0.15, -0.1) is 0 Å². The molecule has 3 heteroatoms. The van der Waals surface area contributed by atoms with Crippen molar-refractivity contribution in [3.63, 3.8) is 0 Å². The molecule has 1 aliphatic rings. The van der Waals surface area contributed by atoms with Crippen LogP contribution >= 0.6 is 0 Å². The molecular weight excluding hydrogens is 571 g/mol. The van der Waals surface area contributed by atoms with Gasteiger partial charge in [-0.1, -0.05) is 141 Å². The molecule has 3 nitrogen and oxygen atoms in total. The summed E-state index contributed by atoms with van der Waals surface area (Å²) in [5.41, 5.74) is 10.7. The topological polar surface area (TPSA) is 38.7 Å². The summed E-state index contributed by atoms with van der Waals surface area (Å²) in [6, 6.07) is 53.7. The summed E-state index contributed by atoms with van der Waals surface area (Å²) in [6.45, 7) is 4.68. The third kappa shape index (κ3) is 4.46. The Kier molecular flexibility index (Phi) is 6.16. The van der Waals surface area contributed by atoms with E-state index in [0.717, 1.165) is 22.1 Å². The summed E-state index contributed by atoms with van der Waals surface area (Å²) in [4.78, 5) is 15.0. The highest BCUT2D eigenvalue weighted by atomic mass is 15.0. The van der Waals surface area contributed by atoms with E-state index in [2.05, 4.69) is 105 Å². The fraction of sp³-hybridized carbons (Fsp3) is 0.0682. The number of hydrogen-bond acceptors (Lipinski definition) is 3. The van der Waals surface area contributed by atoms with Gasteiger partial charge in [0.1, 0.15) is 0 Å². The van der Waals surface area contributed by atoms with E-state index in [1.165, 1.54) is 49.5 Å². The number of hydrogen-bond donors (Lipinski definition) is 0. The van der Waals surface area contributed by atoms with Crippen LogP contribution in [-0.4, -0.2) is 15.0 Å². The van der Waals surface area contributed by atoms with Crippen LogP contribution in [0.4, 0.5) is 0 Å². The Hall–Kier alpha value is -5.93. The average molecular weight is 602 g/mol. The van der Waals surface area contributed by atoms with Crippen molar-refractivity contribution in [2.24, 2.45) is 0 Å². The van der Waals surface area contributed by atoms with Gasteiger partial charge in [0.15, 0.2) is 17.5 Å². The highest BCUT2D eigenvalue weighted by molar-refractivity contribution is 6.05. The zero-order valence-corrected chi connectivity index (χ0v) is 26.3. The van der Waals surface area contributed by atoms with Crippen LogP contribution in [0, 0.1) is 0 Å². The van der Waals surface area contributed by atoms with Crippen molar-refractivity contribution in [2.75, 3.05) is 0 Å². The largest absolute Gasteiger partial charge is 0.208 e. The highest BCUT2D eigenvalue weighted by Crippen LogP contribution is 2.50. The van der Waals surface area contributed by atoms with E-state index in [0.29, 0.717) is 17.5 Å². The van der Waals surface area contributed by atoms with Gasteiger partial charge in [-0.05, 0) is 79.2 Å². The maximum Gasteiger partial charge on any atom is 0.164 e. The van der Waals surface area contributed by atoms with Gasteiger partial charge in [-0.3, -0.25) is 0 Å². The van der Waals surface area contributed by atoms with Crippen LogP contribution in [0.3, 0.4) is 0 Å². The lowest BCUT2D eigenvalue weighted by atomic mass is 9.82. The van der Waals surface area contributed by atoms with Crippen LogP contribution in [0.25, 0.3) is 78.0 Å². The first-order chi connectivity index (χ1) is 23.0. The lowest BCUT2D eigenvalue weighted by Gasteiger charge is -2.21. The Labute approximate surface area is 274 Å².